The molecule has 2 aromatic rings. The van der Waals surface area contributed by atoms with Crippen LogP contribution in [0.4, 0.5) is 4.79 Å². The summed E-state index contributed by atoms with van der Waals surface area (Å²) in [5, 5.41) is 3.26. The van der Waals surface area contributed by atoms with E-state index in [2.05, 4.69) is 44.9 Å². The molecule has 0 aromatic heterocycles. The third-order valence-electron chi connectivity index (χ3n) is 8.07. The van der Waals surface area contributed by atoms with Crippen molar-refractivity contribution in [1.82, 2.24) is 20.0 Å². The minimum atomic E-state index is -0.823. The number of halogens is 2. The number of carbonyl (C=O) groups is 3. The average Bonchev–Trinajstić information content (AvgIpc) is 3.77. The molecule has 1 saturated carbocycles. The Hall–Kier alpha value is -2.68. The Morgan fingerprint density at radius 3 is 2.36 bits per heavy atom. The molecule has 3 aliphatic rings. The topological polar surface area (TPSA) is 73.0 Å². The second kappa shape index (κ2) is 12.7. The normalized spacial score (nSPS) is 19.6. The number of nitrogens with zero attached hydrogens (tertiary/aromatic N) is 3. The predicted molar refractivity (Wildman–Crippen MR) is 157 cm³/mol. The molecule has 7 nitrogen and oxygen atoms in total. The van der Waals surface area contributed by atoms with Crippen molar-refractivity contribution in [2.75, 3.05) is 26.2 Å². The second-order valence-electron chi connectivity index (χ2n) is 10.6. The summed E-state index contributed by atoms with van der Waals surface area (Å²) in [6.07, 6.45) is 5.64. The Kier molecular flexibility index (Phi) is 9.51. The maximum absolute atomic E-state index is 13.8. The van der Waals surface area contributed by atoms with Gasteiger partial charge >= 0.3 is 6.03 Å². The van der Waals surface area contributed by atoms with Crippen LogP contribution in [-0.2, 0) is 16.1 Å². The highest BCUT2D eigenvalue weighted by Gasteiger charge is 2.57. The zero-order chi connectivity index (χ0) is 26.7. The van der Waals surface area contributed by atoms with Crippen LogP contribution in [0.25, 0.3) is 0 Å². The Balaban J connectivity index is 0.00000353. The molecule has 1 N–H and O–H groups in total. The van der Waals surface area contributed by atoms with E-state index in [9.17, 15) is 14.4 Å². The molecule has 2 heterocycles. The molecule has 9 heteroatoms. The summed E-state index contributed by atoms with van der Waals surface area (Å²) in [6, 6.07) is 17.6. The molecule has 4 amide bonds. The molecule has 0 unspecified atom stereocenters. The van der Waals surface area contributed by atoms with Crippen LogP contribution in [0.3, 0.4) is 0 Å². The molecule has 0 radical (unpaired) electrons. The number of imide groups is 1. The standard InChI is InChI=1S/C30H35BrN4O3.ClH/c1-2-17-35-29(38)34(21-22-8-12-25(31)13-9-22)28(37)30(35)15-19-33(20-16-30)18-14-26(23-6-4-3-5-7-23)32-27(36)24-10-11-24;/h2-9,12-13,24,26H,1,10-11,14-21H2,(H,32,36);1H/t26-;/m0./s1. The molecular weight excluding hydrogens is 580 g/mol. The van der Waals surface area contributed by atoms with Crippen molar-refractivity contribution in [2.24, 2.45) is 5.92 Å². The first-order chi connectivity index (χ1) is 18.4. The lowest BCUT2D eigenvalue weighted by Crippen LogP contribution is -2.56. The summed E-state index contributed by atoms with van der Waals surface area (Å²) in [7, 11) is 0. The number of carbonyl (C=O) groups excluding carboxylic acids is 3. The van der Waals surface area contributed by atoms with Crippen LogP contribution in [0.1, 0.15) is 49.3 Å². The first-order valence-corrected chi connectivity index (χ1v) is 14.3. The van der Waals surface area contributed by atoms with Crippen LogP contribution in [0, 0.1) is 5.92 Å². The van der Waals surface area contributed by atoms with Crippen LogP contribution in [0.5, 0.6) is 0 Å². The van der Waals surface area contributed by atoms with Crippen molar-refractivity contribution in [3.05, 3.63) is 82.9 Å². The Morgan fingerprint density at radius 1 is 1.08 bits per heavy atom. The van der Waals surface area contributed by atoms with E-state index in [1.165, 1.54) is 4.90 Å². The van der Waals surface area contributed by atoms with E-state index in [0.29, 0.717) is 19.4 Å². The van der Waals surface area contributed by atoms with E-state index in [1.54, 1.807) is 11.0 Å². The smallest absolute Gasteiger partial charge is 0.328 e. The van der Waals surface area contributed by atoms with Crippen molar-refractivity contribution in [3.63, 3.8) is 0 Å². The predicted octanol–water partition coefficient (Wildman–Crippen LogP) is 5.31. The number of hydrogen-bond acceptors (Lipinski definition) is 4. The van der Waals surface area contributed by atoms with E-state index in [0.717, 1.165) is 54.5 Å². The van der Waals surface area contributed by atoms with Crippen LogP contribution in [-0.4, -0.2) is 64.3 Å². The Labute approximate surface area is 245 Å². The fourth-order valence-corrected chi connectivity index (χ4v) is 5.93. The minimum absolute atomic E-state index is 0. The molecule has 2 aliphatic heterocycles. The number of nitrogens with one attached hydrogen (secondary N) is 1. The van der Waals surface area contributed by atoms with Crippen molar-refractivity contribution in [2.45, 2.75) is 50.2 Å². The van der Waals surface area contributed by atoms with E-state index in [1.807, 2.05) is 42.5 Å². The molecule has 2 aromatic carbocycles. The molecular formula is C30H36BrClN4O3. The number of hydrogen-bond donors (Lipinski definition) is 1. The molecule has 5 rings (SSSR count). The molecule has 1 atom stereocenters. The summed E-state index contributed by atoms with van der Waals surface area (Å²) in [5.74, 6) is 0.210. The number of benzene rings is 2. The number of urea groups is 1. The molecule has 2 saturated heterocycles. The minimum Gasteiger partial charge on any atom is -0.349 e. The fraction of sp³-hybridized carbons (Fsp3) is 0.433. The third kappa shape index (κ3) is 6.39. The highest BCUT2D eigenvalue weighted by Crippen LogP contribution is 2.38. The van der Waals surface area contributed by atoms with Crippen LogP contribution >= 0.6 is 28.3 Å². The number of piperidine rings is 1. The van der Waals surface area contributed by atoms with Gasteiger partial charge in [0.2, 0.25) is 5.91 Å². The lowest BCUT2D eigenvalue weighted by atomic mass is 9.85. The van der Waals surface area contributed by atoms with Crippen molar-refractivity contribution >= 4 is 46.2 Å². The summed E-state index contributed by atoms with van der Waals surface area (Å²) < 4.78 is 0.957. The number of likely N-dealkylation sites (tertiary alicyclic amines) is 1. The van der Waals surface area contributed by atoms with Gasteiger partial charge in [-0.25, -0.2) is 4.79 Å². The van der Waals surface area contributed by atoms with Gasteiger partial charge in [0.25, 0.3) is 5.91 Å². The van der Waals surface area contributed by atoms with Crippen molar-refractivity contribution < 1.29 is 14.4 Å². The summed E-state index contributed by atoms with van der Waals surface area (Å²) in [6.45, 7) is 6.71. The molecule has 1 spiro atoms. The maximum atomic E-state index is 13.8. The molecule has 0 bridgehead atoms. The Bertz CT molecular complexity index is 1180. The van der Waals surface area contributed by atoms with Gasteiger partial charge in [0.15, 0.2) is 0 Å². The Morgan fingerprint density at radius 2 is 1.74 bits per heavy atom. The summed E-state index contributed by atoms with van der Waals surface area (Å²) in [4.78, 5) is 45.2. The quantitative estimate of drug-likeness (QED) is 0.290. The largest absolute Gasteiger partial charge is 0.349 e. The van der Waals surface area contributed by atoms with Gasteiger partial charge in [-0.05, 0) is 55.4 Å². The van der Waals surface area contributed by atoms with Crippen molar-refractivity contribution in [1.29, 1.82) is 0 Å². The molecule has 3 fully saturated rings. The van der Waals surface area contributed by atoms with Gasteiger partial charge in [0, 0.05) is 36.6 Å². The fourth-order valence-electron chi connectivity index (χ4n) is 5.66. The zero-order valence-electron chi connectivity index (χ0n) is 22.1. The monoisotopic (exact) mass is 614 g/mol. The van der Waals surface area contributed by atoms with Crippen molar-refractivity contribution in [3.8, 4) is 0 Å². The highest BCUT2D eigenvalue weighted by molar-refractivity contribution is 9.10. The van der Waals surface area contributed by atoms with Gasteiger partial charge in [-0.1, -0.05) is 64.5 Å². The first kappa shape index (κ1) is 29.3. The SMILES string of the molecule is C=CCN1C(=O)N(Cc2ccc(Br)cc2)C(=O)C12CCN(CC[C@H](NC(=O)C1CC1)c1ccccc1)CC2.Cl. The lowest BCUT2D eigenvalue weighted by Gasteiger charge is -2.42. The molecule has 39 heavy (non-hydrogen) atoms. The first-order valence-electron chi connectivity index (χ1n) is 13.5. The average molecular weight is 616 g/mol. The van der Waals surface area contributed by atoms with Crippen LogP contribution < -0.4 is 5.32 Å². The van der Waals surface area contributed by atoms with E-state index < -0.39 is 5.54 Å². The maximum Gasteiger partial charge on any atom is 0.328 e. The van der Waals surface area contributed by atoms with Gasteiger partial charge in [0.1, 0.15) is 5.54 Å². The number of amides is 4. The lowest BCUT2D eigenvalue weighted by molar-refractivity contribution is -0.136. The van der Waals surface area contributed by atoms with Gasteiger partial charge in [-0.3, -0.25) is 14.5 Å². The van der Waals surface area contributed by atoms with E-state index >= 15 is 0 Å². The van der Waals surface area contributed by atoms with E-state index in [-0.39, 0.29) is 48.8 Å². The summed E-state index contributed by atoms with van der Waals surface area (Å²) in [5.41, 5.74) is 1.21. The van der Waals surface area contributed by atoms with E-state index in [4.69, 9.17) is 0 Å². The zero-order valence-corrected chi connectivity index (χ0v) is 24.5. The summed E-state index contributed by atoms with van der Waals surface area (Å²) >= 11 is 3.44. The highest BCUT2D eigenvalue weighted by atomic mass is 79.9. The van der Waals surface area contributed by atoms with Crippen LogP contribution in [0.2, 0.25) is 0 Å². The third-order valence-corrected chi connectivity index (χ3v) is 8.60. The molecule has 1 aliphatic carbocycles. The van der Waals surface area contributed by atoms with Gasteiger partial charge in [-0.2, -0.15) is 0 Å². The second-order valence-corrected chi connectivity index (χ2v) is 11.5. The molecule has 208 valence electrons. The van der Waals surface area contributed by atoms with Crippen LogP contribution in [0.15, 0.2) is 71.7 Å². The van der Waals surface area contributed by atoms with Gasteiger partial charge < -0.3 is 15.1 Å². The van der Waals surface area contributed by atoms with Gasteiger partial charge in [-0.15, -0.1) is 19.0 Å². The number of rotatable bonds is 10. The van der Waals surface area contributed by atoms with Gasteiger partial charge in [0.05, 0.1) is 12.6 Å².